The van der Waals surface area contributed by atoms with Gasteiger partial charge in [-0.25, -0.2) is 4.79 Å². The minimum absolute atomic E-state index is 0.134. The molecule has 1 aromatic carbocycles. The number of hydrogen-bond acceptors (Lipinski definition) is 2. The summed E-state index contributed by atoms with van der Waals surface area (Å²) in [6.45, 7) is 2.34. The van der Waals surface area contributed by atoms with Crippen molar-refractivity contribution < 1.29 is 9.90 Å². The lowest BCUT2D eigenvalue weighted by molar-refractivity contribution is 0.0945. The van der Waals surface area contributed by atoms with Gasteiger partial charge in [0.2, 0.25) is 0 Å². The van der Waals surface area contributed by atoms with Crippen LogP contribution in [-0.2, 0) is 6.54 Å². The van der Waals surface area contributed by atoms with Gasteiger partial charge in [-0.05, 0) is 56.2 Å². The fraction of sp³-hybridized carbons (Fsp3) is 0.562. The number of urea groups is 1. The van der Waals surface area contributed by atoms with Gasteiger partial charge in [-0.3, -0.25) is 0 Å². The molecule has 1 unspecified atom stereocenters. The second-order valence-corrected chi connectivity index (χ2v) is 6.24. The van der Waals surface area contributed by atoms with E-state index in [1.54, 1.807) is 0 Å². The monoisotopic (exact) mass is 310 g/mol. The minimum Gasteiger partial charge on any atom is -0.393 e. The highest BCUT2D eigenvalue weighted by molar-refractivity contribution is 6.30. The molecule has 2 amide bonds. The van der Waals surface area contributed by atoms with Crippen molar-refractivity contribution in [1.29, 1.82) is 0 Å². The number of benzene rings is 1. The van der Waals surface area contributed by atoms with Crippen molar-refractivity contribution in [1.82, 2.24) is 10.6 Å². The second-order valence-electron chi connectivity index (χ2n) is 5.81. The Morgan fingerprint density at radius 1 is 1.29 bits per heavy atom. The number of aliphatic hydroxyl groups excluding tert-OH is 1. The molecule has 2 rings (SSSR count). The standard InChI is InChI=1S/C16H23ClN2O2/c1-11(20)13-4-8-15(9-5-13)19-16(21)18-10-12-2-6-14(17)7-3-12/h2-3,6-7,11,13,15,20H,4-5,8-10H2,1H3,(H2,18,19,21). The highest BCUT2D eigenvalue weighted by atomic mass is 35.5. The van der Waals surface area contributed by atoms with Crippen LogP contribution >= 0.6 is 11.6 Å². The maximum absolute atomic E-state index is 11.9. The molecule has 1 aromatic rings. The van der Waals surface area contributed by atoms with E-state index in [0.29, 0.717) is 17.5 Å². The Morgan fingerprint density at radius 3 is 2.48 bits per heavy atom. The maximum atomic E-state index is 11.9. The zero-order valence-corrected chi connectivity index (χ0v) is 13.1. The molecule has 0 radical (unpaired) electrons. The Hall–Kier alpha value is -1.26. The first-order valence-electron chi connectivity index (χ1n) is 7.51. The van der Waals surface area contributed by atoms with Gasteiger partial charge >= 0.3 is 6.03 Å². The highest BCUT2D eigenvalue weighted by Gasteiger charge is 2.24. The van der Waals surface area contributed by atoms with E-state index in [9.17, 15) is 9.90 Å². The van der Waals surface area contributed by atoms with Crippen molar-refractivity contribution in [3.05, 3.63) is 34.9 Å². The fourth-order valence-corrected chi connectivity index (χ4v) is 2.89. The van der Waals surface area contributed by atoms with Gasteiger partial charge in [-0.15, -0.1) is 0 Å². The minimum atomic E-state index is -0.246. The van der Waals surface area contributed by atoms with Crippen LogP contribution in [0.1, 0.15) is 38.2 Å². The third kappa shape index (κ3) is 5.21. The van der Waals surface area contributed by atoms with Gasteiger partial charge in [0.05, 0.1) is 6.10 Å². The Bertz CT molecular complexity index is 454. The van der Waals surface area contributed by atoms with Crippen molar-refractivity contribution in [3.8, 4) is 0 Å². The van der Waals surface area contributed by atoms with E-state index >= 15 is 0 Å². The van der Waals surface area contributed by atoms with Crippen LogP contribution < -0.4 is 10.6 Å². The molecule has 21 heavy (non-hydrogen) atoms. The van der Waals surface area contributed by atoms with Crippen LogP contribution in [0.3, 0.4) is 0 Å². The third-order valence-corrected chi connectivity index (χ3v) is 4.41. The summed E-state index contributed by atoms with van der Waals surface area (Å²) >= 11 is 5.82. The van der Waals surface area contributed by atoms with Crippen LogP contribution in [-0.4, -0.2) is 23.3 Å². The molecule has 0 spiro atoms. The molecule has 1 fully saturated rings. The van der Waals surface area contributed by atoms with Crippen molar-refractivity contribution in [2.45, 2.75) is 51.3 Å². The van der Waals surface area contributed by atoms with E-state index in [1.807, 2.05) is 31.2 Å². The molecule has 116 valence electrons. The van der Waals surface area contributed by atoms with Crippen LogP contribution in [0, 0.1) is 5.92 Å². The molecular weight excluding hydrogens is 288 g/mol. The molecule has 0 aromatic heterocycles. The van der Waals surface area contributed by atoms with Crippen molar-refractivity contribution in [3.63, 3.8) is 0 Å². The van der Waals surface area contributed by atoms with E-state index in [0.717, 1.165) is 31.2 Å². The average Bonchev–Trinajstić information content (AvgIpc) is 2.47. The summed E-state index contributed by atoms with van der Waals surface area (Å²) < 4.78 is 0. The normalized spacial score (nSPS) is 23.4. The molecular formula is C16H23ClN2O2. The fourth-order valence-electron chi connectivity index (χ4n) is 2.77. The topological polar surface area (TPSA) is 61.4 Å². The number of carbonyl (C=O) groups excluding carboxylic acids is 1. The van der Waals surface area contributed by atoms with Gasteiger partial charge in [0, 0.05) is 17.6 Å². The molecule has 0 aliphatic heterocycles. The van der Waals surface area contributed by atoms with Crippen LogP contribution in [0.25, 0.3) is 0 Å². The second kappa shape index (κ2) is 7.66. The smallest absolute Gasteiger partial charge is 0.315 e. The highest BCUT2D eigenvalue weighted by Crippen LogP contribution is 2.26. The number of halogens is 1. The molecule has 3 N–H and O–H groups in total. The molecule has 1 saturated carbocycles. The number of amides is 2. The molecule has 0 saturated heterocycles. The first-order chi connectivity index (χ1) is 10.0. The van der Waals surface area contributed by atoms with Crippen LogP contribution in [0.15, 0.2) is 24.3 Å². The van der Waals surface area contributed by atoms with Gasteiger partial charge in [0.25, 0.3) is 0 Å². The van der Waals surface area contributed by atoms with Gasteiger partial charge in [0.1, 0.15) is 0 Å². The van der Waals surface area contributed by atoms with Crippen molar-refractivity contribution in [2.24, 2.45) is 5.92 Å². The number of hydrogen-bond donors (Lipinski definition) is 3. The number of carbonyl (C=O) groups is 1. The quantitative estimate of drug-likeness (QED) is 0.800. The number of nitrogens with one attached hydrogen (secondary N) is 2. The molecule has 5 heteroatoms. The third-order valence-electron chi connectivity index (χ3n) is 4.16. The number of aliphatic hydroxyl groups is 1. The SMILES string of the molecule is CC(O)C1CCC(NC(=O)NCc2ccc(Cl)cc2)CC1. The van der Waals surface area contributed by atoms with E-state index in [4.69, 9.17) is 11.6 Å². The zero-order chi connectivity index (χ0) is 15.2. The summed E-state index contributed by atoms with van der Waals surface area (Å²) in [5.41, 5.74) is 1.02. The van der Waals surface area contributed by atoms with E-state index in [1.165, 1.54) is 0 Å². The predicted molar refractivity (Wildman–Crippen MR) is 84.3 cm³/mol. The molecule has 0 heterocycles. The average molecular weight is 311 g/mol. The summed E-state index contributed by atoms with van der Waals surface area (Å²) in [5.74, 6) is 0.375. The first-order valence-corrected chi connectivity index (χ1v) is 7.89. The molecule has 1 aliphatic carbocycles. The van der Waals surface area contributed by atoms with Crippen LogP contribution in [0.5, 0.6) is 0 Å². The first kappa shape index (κ1) is 16.1. The molecule has 1 aliphatic rings. The Labute approximate surface area is 130 Å². The van der Waals surface area contributed by atoms with Gasteiger partial charge in [0.15, 0.2) is 0 Å². The summed E-state index contributed by atoms with van der Waals surface area (Å²) in [4.78, 5) is 11.9. The van der Waals surface area contributed by atoms with Crippen LogP contribution in [0.4, 0.5) is 4.79 Å². The Kier molecular flexibility index (Phi) is 5.88. The summed E-state index contributed by atoms with van der Waals surface area (Å²) in [5, 5.41) is 16.1. The van der Waals surface area contributed by atoms with Crippen LogP contribution in [0.2, 0.25) is 5.02 Å². The van der Waals surface area contributed by atoms with E-state index in [2.05, 4.69) is 10.6 Å². The predicted octanol–water partition coefficient (Wildman–Crippen LogP) is 3.08. The lowest BCUT2D eigenvalue weighted by Gasteiger charge is -2.30. The van der Waals surface area contributed by atoms with Crippen molar-refractivity contribution >= 4 is 17.6 Å². The maximum Gasteiger partial charge on any atom is 0.315 e. The lowest BCUT2D eigenvalue weighted by Crippen LogP contribution is -2.44. The summed E-state index contributed by atoms with van der Waals surface area (Å²) in [6.07, 6.45) is 3.57. The van der Waals surface area contributed by atoms with Gasteiger partial charge < -0.3 is 15.7 Å². The molecule has 0 bridgehead atoms. The number of rotatable bonds is 4. The molecule has 4 nitrogen and oxygen atoms in total. The van der Waals surface area contributed by atoms with E-state index in [-0.39, 0.29) is 18.2 Å². The zero-order valence-electron chi connectivity index (χ0n) is 12.3. The largest absolute Gasteiger partial charge is 0.393 e. The summed E-state index contributed by atoms with van der Waals surface area (Å²) in [7, 11) is 0. The summed E-state index contributed by atoms with van der Waals surface area (Å²) in [6, 6.07) is 7.50. The van der Waals surface area contributed by atoms with Gasteiger partial charge in [-0.1, -0.05) is 23.7 Å². The Morgan fingerprint density at radius 2 is 1.90 bits per heavy atom. The van der Waals surface area contributed by atoms with E-state index < -0.39 is 0 Å². The van der Waals surface area contributed by atoms with Gasteiger partial charge in [-0.2, -0.15) is 0 Å². The lowest BCUT2D eigenvalue weighted by atomic mass is 9.83. The van der Waals surface area contributed by atoms with Crippen molar-refractivity contribution in [2.75, 3.05) is 0 Å². The molecule has 1 atom stereocenters. The Balaban J connectivity index is 1.69.